The van der Waals surface area contributed by atoms with Crippen molar-refractivity contribution in [2.45, 2.75) is 12.8 Å². The van der Waals surface area contributed by atoms with Crippen molar-refractivity contribution in [2.24, 2.45) is 5.92 Å². The zero-order chi connectivity index (χ0) is 16.0. The first-order chi connectivity index (χ1) is 10.5. The standard InChI is InChI=1S/C14H19N3O3S2/c18-13(12-7-9-22(19,20)10-12)16-17-14(21)15-8-6-11-4-2-1-3-5-11/h1-5,12H,6-10H2,(H,16,18)(H2,15,17,21)/t12-/m1/s1. The summed E-state index contributed by atoms with van der Waals surface area (Å²) in [6, 6.07) is 9.96. The number of amides is 1. The second kappa shape index (κ2) is 7.55. The van der Waals surface area contributed by atoms with Crippen molar-refractivity contribution in [2.75, 3.05) is 18.1 Å². The summed E-state index contributed by atoms with van der Waals surface area (Å²) < 4.78 is 22.6. The molecule has 3 N–H and O–H groups in total. The predicted molar refractivity (Wildman–Crippen MR) is 88.8 cm³/mol. The highest BCUT2D eigenvalue weighted by atomic mass is 32.2. The van der Waals surface area contributed by atoms with Crippen molar-refractivity contribution < 1.29 is 13.2 Å². The monoisotopic (exact) mass is 341 g/mol. The normalized spacial score (nSPS) is 19.4. The highest BCUT2D eigenvalue weighted by Crippen LogP contribution is 2.17. The van der Waals surface area contributed by atoms with Gasteiger partial charge in [-0.05, 0) is 30.6 Å². The van der Waals surface area contributed by atoms with Crippen LogP contribution in [-0.2, 0) is 21.1 Å². The van der Waals surface area contributed by atoms with E-state index >= 15 is 0 Å². The molecule has 1 atom stereocenters. The third kappa shape index (κ3) is 5.27. The van der Waals surface area contributed by atoms with Gasteiger partial charge in [-0.25, -0.2) is 8.42 Å². The maximum Gasteiger partial charge on any atom is 0.242 e. The number of nitrogens with one attached hydrogen (secondary N) is 3. The van der Waals surface area contributed by atoms with Gasteiger partial charge in [-0.2, -0.15) is 0 Å². The fourth-order valence-corrected chi connectivity index (χ4v) is 4.13. The predicted octanol–water partition coefficient (Wildman–Crippen LogP) is 0.159. The Bertz CT molecular complexity index is 632. The van der Waals surface area contributed by atoms with Gasteiger partial charge in [0.1, 0.15) is 0 Å². The van der Waals surface area contributed by atoms with Gasteiger partial charge in [0.05, 0.1) is 17.4 Å². The van der Waals surface area contributed by atoms with Gasteiger partial charge in [-0.3, -0.25) is 15.6 Å². The average molecular weight is 341 g/mol. The lowest BCUT2D eigenvalue weighted by molar-refractivity contribution is -0.124. The van der Waals surface area contributed by atoms with Gasteiger partial charge < -0.3 is 5.32 Å². The largest absolute Gasteiger partial charge is 0.361 e. The first-order valence-electron chi connectivity index (χ1n) is 7.04. The number of sulfone groups is 1. The van der Waals surface area contributed by atoms with E-state index in [4.69, 9.17) is 12.2 Å². The van der Waals surface area contributed by atoms with Crippen LogP contribution in [0.1, 0.15) is 12.0 Å². The molecular weight excluding hydrogens is 322 g/mol. The van der Waals surface area contributed by atoms with E-state index < -0.39 is 15.8 Å². The number of carbonyl (C=O) groups is 1. The third-order valence-corrected chi connectivity index (χ3v) is 5.46. The number of rotatable bonds is 4. The molecule has 22 heavy (non-hydrogen) atoms. The van der Waals surface area contributed by atoms with Gasteiger partial charge in [-0.1, -0.05) is 30.3 Å². The summed E-state index contributed by atoms with van der Waals surface area (Å²) in [5.74, 6) is -0.850. The summed E-state index contributed by atoms with van der Waals surface area (Å²) in [5.41, 5.74) is 6.25. The van der Waals surface area contributed by atoms with Gasteiger partial charge in [0.25, 0.3) is 0 Å². The molecule has 1 fully saturated rings. The molecule has 0 radical (unpaired) electrons. The number of hydrogen-bond donors (Lipinski definition) is 3. The smallest absolute Gasteiger partial charge is 0.242 e. The quantitative estimate of drug-likeness (QED) is 0.534. The van der Waals surface area contributed by atoms with E-state index in [1.54, 1.807) is 0 Å². The van der Waals surface area contributed by atoms with E-state index in [1.165, 1.54) is 5.56 Å². The van der Waals surface area contributed by atoms with E-state index in [2.05, 4.69) is 16.2 Å². The summed E-state index contributed by atoms with van der Waals surface area (Å²) in [6.45, 7) is 0.642. The van der Waals surface area contributed by atoms with Crippen LogP contribution in [0.5, 0.6) is 0 Å². The molecule has 1 heterocycles. The third-order valence-electron chi connectivity index (χ3n) is 3.44. The van der Waals surface area contributed by atoms with Crippen LogP contribution in [0.2, 0.25) is 0 Å². The van der Waals surface area contributed by atoms with Crippen LogP contribution in [0.3, 0.4) is 0 Å². The van der Waals surface area contributed by atoms with Crippen LogP contribution in [-0.4, -0.2) is 37.5 Å². The van der Waals surface area contributed by atoms with Crippen LogP contribution >= 0.6 is 12.2 Å². The van der Waals surface area contributed by atoms with Crippen LogP contribution in [0, 0.1) is 5.92 Å². The highest BCUT2D eigenvalue weighted by Gasteiger charge is 2.32. The lowest BCUT2D eigenvalue weighted by atomic mass is 10.1. The van der Waals surface area contributed by atoms with E-state index in [0.717, 1.165) is 6.42 Å². The average Bonchev–Trinajstić information content (AvgIpc) is 2.86. The van der Waals surface area contributed by atoms with Crippen LogP contribution in [0.4, 0.5) is 0 Å². The summed E-state index contributed by atoms with van der Waals surface area (Å²) in [7, 11) is -3.06. The maximum absolute atomic E-state index is 11.8. The molecule has 1 saturated heterocycles. The minimum absolute atomic E-state index is 0.0743. The van der Waals surface area contributed by atoms with E-state index in [1.807, 2.05) is 30.3 Å². The van der Waals surface area contributed by atoms with Gasteiger partial charge in [0, 0.05) is 6.54 Å². The molecule has 1 aliphatic rings. The Kier molecular flexibility index (Phi) is 5.73. The molecule has 1 aromatic carbocycles. The molecule has 8 heteroatoms. The highest BCUT2D eigenvalue weighted by molar-refractivity contribution is 7.91. The minimum Gasteiger partial charge on any atom is -0.361 e. The van der Waals surface area contributed by atoms with Gasteiger partial charge in [0.2, 0.25) is 5.91 Å². The minimum atomic E-state index is -3.06. The zero-order valence-electron chi connectivity index (χ0n) is 12.0. The lowest BCUT2D eigenvalue weighted by Gasteiger charge is -2.13. The molecule has 120 valence electrons. The summed E-state index contributed by atoms with van der Waals surface area (Å²) in [4.78, 5) is 11.8. The van der Waals surface area contributed by atoms with Crippen molar-refractivity contribution in [3.63, 3.8) is 0 Å². The SMILES string of the molecule is O=C(NNC(=S)NCCc1ccccc1)[C@@H]1CCS(=O)(=O)C1. The number of hydrazine groups is 1. The van der Waals surface area contributed by atoms with Crippen LogP contribution in [0.25, 0.3) is 0 Å². The summed E-state index contributed by atoms with van der Waals surface area (Å²) in [6.07, 6.45) is 1.18. The Hall–Kier alpha value is -1.67. The first kappa shape index (κ1) is 16.7. The molecular formula is C14H19N3O3S2. The van der Waals surface area contributed by atoms with Crippen molar-refractivity contribution in [1.29, 1.82) is 0 Å². The van der Waals surface area contributed by atoms with Gasteiger partial charge in [0.15, 0.2) is 14.9 Å². The molecule has 6 nitrogen and oxygen atoms in total. The van der Waals surface area contributed by atoms with Gasteiger partial charge >= 0.3 is 0 Å². The van der Waals surface area contributed by atoms with E-state index in [-0.39, 0.29) is 17.4 Å². The summed E-state index contributed by atoms with van der Waals surface area (Å²) in [5, 5.41) is 3.29. The Balaban J connectivity index is 1.64. The van der Waals surface area contributed by atoms with Gasteiger partial charge in [-0.15, -0.1) is 0 Å². The fourth-order valence-electron chi connectivity index (χ4n) is 2.23. The molecule has 0 unspecified atom stereocenters. The summed E-state index contributed by atoms with van der Waals surface area (Å²) >= 11 is 5.05. The first-order valence-corrected chi connectivity index (χ1v) is 9.27. The van der Waals surface area contributed by atoms with Crippen LogP contribution < -0.4 is 16.2 Å². The fraction of sp³-hybridized carbons (Fsp3) is 0.429. The molecule has 1 amide bonds. The number of benzene rings is 1. The second-order valence-corrected chi connectivity index (χ2v) is 7.84. The molecule has 2 rings (SSSR count). The Morgan fingerprint density at radius 2 is 1.95 bits per heavy atom. The molecule has 1 aromatic rings. The molecule has 1 aliphatic heterocycles. The van der Waals surface area contributed by atoms with E-state index in [0.29, 0.717) is 18.1 Å². The Morgan fingerprint density at radius 1 is 1.23 bits per heavy atom. The second-order valence-electron chi connectivity index (χ2n) is 5.21. The van der Waals surface area contributed by atoms with Crippen molar-refractivity contribution in [3.05, 3.63) is 35.9 Å². The number of hydrogen-bond acceptors (Lipinski definition) is 4. The molecule has 0 bridgehead atoms. The zero-order valence-corrected chi connectivity index (χ0v) is 13.7. The number of carbonyl (C=O) groups excluding carboxylic acids is 1. The molecule has 0 saturated carbocycles. The molecule has 0 aromatic heterocycles. The Morgan fingerprint density at radius 3 is 2.59 bits per heavy atom. The number of thiocarbonyl (C=S) groups is 1. The Labute approximate surface area is 135 Å². The van der Waals surface area contributed by atoms with Crippen molar-refractivity contribution in [1.82, 2.24) is 16.2 Å². The van der Waals surface area contributed by atoms with Crippen molar-refractivity contribution in [3.8, 4) is 0 Å². The maximum atomic E-state index is 11.8. The lowest BCUT2D eigenvalue weighted by Crippen LogP contribution is -2.49. The molecule has 0 spiro atoms. The van der Waals surface area contributed by atoms with Crippen LogP contribution in [0.15, 0.2) is 30.3 Å². The van der Waals surface area contributed by atoms with E-state index in [9.17, 15) is 13.2 Å². The molecule has 0 aliphatic carbocycles. The topological polar surface area (TPSA) is 87.3 Å². The van der Waals surface area contributed by atoms with Crippen molar-refractivity contribution >= 4 is 33.1 Å².